The SMILES string of the molecule is O=C(NCC1CCCO1)Oc1nc2ccc(C3(O)c4ccccc4C(=O)N3c3cccc(Cl)c3F)cc2[nH]1. The third-order valence-corrected chi connectivity index (χ3v) is 7.07. The van der Waals surface area contributed by atoms with Crippen molar-refractivity contribution < 1.29 is 28.6 Å². The van der Waals surface area contributed by atoms with E-state index in [1.54, 1.807) is 42.5 Å². The van der Waals surface area contributed by atoms with Crippen molar-refractivity contribution in [2.45, 2.75) is 24.7 Å². The maximum Gasteiger partial charge on any atom is 0.415 e. The number of ether oxygens (including phenoxy) is 2. The fraction of sp³-hybridized carbons (Fsp3) is 0.222. The highest BCUT2D eigenvalue weighted by atomic mass is 35.5. The number of aliphatic hydroxyl groups is 1. The van der Waals surface area contributed by atoms with Crippen LogP contribution in [0.4, 0.5) is 14.9 Å². The largest absolute Gasteiger partial charge is 0.415 e. The van der Waals surface area contributed by atoms with Crippen molar-refractivity contribution in [2.75, 3.05) is 18.1 Å². The molecule has 3 N–H and O–H groups in total. The van der Waals surface area contributed by atoms with Crippen LogP contribution < -0.4 is 15.0 Å². The zero-order chi connectivity index (χ0) is 26.4. The van der Waals surface area contributed by atoms with Crippen molar-refractivity contribution in [3.05, 3.63) is 88.2 Å². The number of imidazole rings is 1. The molecule has 11 heteroatoms. The molecule has 1 aromatic heterocycles. The topological polar surface area (TPSA) is 117 Å². The van der Waals surface area contributed by atoms with Gasteiger partial charge in [0, 0.05) is 29.8 Å². The lowest BCUT2D eigenvalue weighted by molar-refractivity contribution is 0.0699. The van der Waals surface area contributed by atoms with E-state index >= 15 is 4.39 Å². The summed E-state index contributed by atoms with van der Waals surface area (Å²) in [6.07, 6.45) is 1.11. The lowest BCUT2D eigenvalue weighted by atomic mass is 9.93. The van der Waals surface area contributed by atoms with E-state index in [2.05, 4.69) is 15.3 Å². The van der Waals surface area contributed by atoms with Gasteiger partial charge in [0.25, 0.3) is 5.91 Å². The summed E-state index contributed by atoms with van der Waals surface area (Å²) in [6, 6.07) is 15.5. The lowest BCUT2D eigenvalue weighted by Gasteiger charge is -2.35. The van der Waals surface area contributed by atoms with Gasteiger partial charge in [0.1, 0.15) is 0 Å². The zero-order valence-corrected chi connectivity index (χ0v) is 20.7. The van der Waals surface area contributed by atoms with Crippen molar-refractivity contribution in [3.63, 3.8) is 0 Å². The number of carbonyl (C=O) groups excluding carboxylic acids is 2. The van der Waals surface area contributed by atoms with E-state index < -0.39 is 23.5 Å². The van der Waals surface area contributed by atoms with Crippen LogP contribution in [0.25, 0.3) is 11.0 Å². The number of amides is 2. The summed E-state index contributed by atoms with van der Waals surface area (Å²) in [5.41, 5.74) is -0.561. The molecule has 1 saturated heterocycles. The first-order chi connectivity index (χ1) is 18.4. The summed E-state index contributed by atoms with van der Waals surface area (Å²) in [6.45, 7) is 1.01. The van der Waals surface area contributed by atoms with Gasteiger partial charge < -0.3 is 24.9 Å². The number of benzene rings is 3. The van der Waals surface area contributed by atoms with Crippen molar-refractivity contribution >= 4 is 40.3 Å². The Labute approximate surface area is 221 Å². The molecule has 0 spiro atoms. The predicted molar refractivity (Wildman–Crippen MR) is 137 cm³/mol. The molecule has 2 unspecified atom stereocenters. The number of hydrogen-bond acceptors (Lipinski definition) is 6. The van der Waals surface area contributed by atoms with Crippen molar-refractivity contribution in [1.82, 2.24) is 15.3 Å². The molecule has 1 fully saturated rings. The molecule has 9 nitrogen and oxygen atoms in total. The molecule has 3 aromatic carbocycles. The van der Waals surface area contributed by atoms with Crippen LogP contribution in [0.3, 0.4) is 0 Å². The highest BCUT2D eigenvalue weighted by molar-refractivity contribution is 6.31. The summed E-state index contributed by atoms with van der Waals surface area (Å²) in [5.74, 6) is -1.41. The number of aromatic nitrogens is 2. The van der Waals surface area contributed by atoms with Crippen LogP contribution >= 0.6 is 11.6 Å². The van der Waals surface area contributed by atoms with Gasteiger partial charge in [-0.25, -0.2) is 9.18 Å². The molecule has 0 saturated carbocycles. The Morgan fingerprint density at radius 3 is 2.92 bits per heavy atom. The number of fused-ring (bicyclic) bond motifs is 2. The van der Waals surface area contributed by atoms with Gasteiger partial charge >= 0.3 is 12.1 Å². The van der Waals surface area contributed by atoms with Gasteiger partial charge in [-0.1, -0.05) is 41.9 Å². The molecule has 38 heavy (non-hydrogen) atoms. The third kappa shape index (κ3) is 3.97. The molecule has 2 amide bonds. The Hall–Kier alpha value is -3.99. The van der Waals surface area contributed by atoms with Crippen molar-refractivity contribution in [2.24, 2.45) is 0 Å². The maximum absolute atomic E-state index is 15.1. The second kappa shape index (κ2) is 9.39. The molecule has 194 valence electrons. The van der Waals surface area contributed by atoms with Crippen LogP contribution in [0.2, 0.25) is 5.02 Å². The minimum absolute atomic E-state index is 0.0363. The Morgan fingerprint density at radius 2 is 2.11 bits per heavy atom. The Morgan fingerprint density at radius 1 is 1.26 bits per heavy atom. The average Bonchev–Trinajstić information content (AvgIpc) is 3.63. The summed E-state index contributed by atoms with van der Waals surface area (Å²) in [5, 5.41) is 14.6. The number of rotatable bonds is 5. The lowest BCUT2D eigenvalue weighted by Crippen LogP contribution is -2.45. The standard InChI is InChI=1S/C27H22ClFN4O5/c28-19-8-3-9-22(23(19)29)33-24(34)17-6-1-2-7-18(17)27(33,36)15-10-11-20-21(13-15)32-25(31-20)38-26(35)30-14-16-5-4-12-37-16/h1-3,6-11,13,16,36H,4-5,12,14H2,(H,30,35)(H,31,32). The minimum atomic E-state index is -2.06. The van der Waals surface area contributed by atoms with Crippen LogP contribution in [0.1, 0.15) is 34.3 Å². The van der Waals surface area contributed by atoms with E-state index in [0.29, 0.717) is 24.2 Å². The number of nitrogens with zero attached hydrogens (tertiary/aromatic N) is 2. The minimum Gasteiger partial charge on any atom is -0.376 e. The average molecular weight is 537 g/mol. The number of halogens is 2. The number of nitrogens with one attached hydrogen (secondary N) is 2. The maximum atomic E-state index is 15.1. The highest BCUT2D eigenvalue weighted by Gasteiger charge is 2.51. The van der Waals surface area contributed by atoms with E-state index in [1.165, 1.54) is 18.2 Å². The van der Waals surface area contributed by atoms with Gasteiger partial charge in [-0.3, -0.25) is 9.69 Å². The van der Waals surface area contributed by atoms with Gasteiger partial charge in [0.05, 0.1) is 27.8 Å². The molecule has 3 heterocycles. The van der Waals surface area contributed by atoms with Crippen molar-refractivity contribution in [1.29, 1.82) is 0 Å². The Bertz CT molecular complexity index is 1570. The van der Waals surface area contributed by atoms with E-state index in [9.17, 15) is 14.7 Å². The predicted octanol–water partition coefficient (Wildman–Crippen LogP) is 4.48. The molecule has 2 aliphatic heterocycles. The Kier molecular flexibility index (Phi) is 6.02. The fourth-order valence-electron chi connectivity index (χ4n) is 4.97. The van der Waals surface area contributed by atoms with E-state index in [-0.39, 0.29) is 39.5 Å². The van der Waals surface area contributed by atoms with Crippen LogP contribution in [-0.4, -0.2) is 46.3 Å². The van der Waals surface area contributed by atoms with Gasteiger partial charge in [0.15, 0.2) is 11.5 Å². The number of anilines is 1. The van der Waals surface area contributed by atoms with Gasteiger partial charge in [-0.05, 0) is 43.2 Å². The molecule has 2 aliphatic rings. The smallest absolute Gasteiger partial charge is 0.376 e. The molecule has 2 atom stereocenters. The van der Waals surface area contributed by atoms with E-state index in [1.807, 2.05) is 0 Å². The second-order valence-corrected chi connectivity index (χ2v) is 9.52. The first-order valence-electron chi connectivity index (χ1n) is 12.0. The van der Waals surface area contributed by atoms with Gasteiger partial charge in [-0.15, -0.1) is 0 Å². The van der Waals surface area contributed by atoms with E-state index in [0.717, 1.165) is 17.7 Å². The molecular weight excluding hydrogens is 515 g/mol. The normalized spacial score (nSPS) is 20.7. The summed E-state index contributed by atoms with van der Waals surface area (Å²) in [7, 11) is 0. The van der Waals surface area contributed by atoms with Crippen LogP contribution in [0.15, 0.2) is 60.7 Å². The first kappa shape index (κ1) is 24.4. The molecule has 0 radical (unpaired) electrons. The number of H-pyrrole nitrogens is 1. The quantitative estimate of drug-likeness (QED) is 0.346. The summed E-state index contributed by atoms with van der Waals surface area (Å²) < 4.78 is 25.9. The second-order valence-electron chi connectivity index (χ2n) is 9.11. The van der Waals surface area contributed by atoms with Crippen molar-refractivity contribution in [3.8, 4) is 6.01 Å². The molecule has 6 rings (SSSR count). The molecule has 4 aromatic rings. The van der Waals surface area contributed by atoms with Crippen LogP contribution in [0.5, 0.6) is 6.01 Å². The molecule has 0 aliphatic carbocycles. The zero-order valence-electron chi connectivity index (χ0n) is 19.9. The van der Waals surface area contributed by atoms with Crippen LogP contribution in [0, 0.1) is 5.82 Å². The van der Waals surface area contributed by atoms with Gasteiger partial charge in [-0.2, -0.15) is 4.98 Å². The van der Waals surface area contributed by atoms with E-state index in [4.69, 9.17) is 21.1 Å². The highest BCUT2D eigenvalue weighted by Crippen LogP contribution is 2.46. The Balaban J connectivity index is 1.35. The number of hydrogen-bond donors (Lipinski definition) is 3. The third-order valence-electron chi connectivity index (χ3n) is 6.78. The molecule has 0 bridgehead atoms. The first-order valence-corrected chi connectivity index (χ1v) is 12.4. The van der Waals surface area contributed by atoms with Crippen LogP contribution in [-0.2, 0) is 10.5 Å². The number of aromatic amines is 1. The monoisotopic (exact) mass is 536 g/mol. The molecular formula is C27H22ClFN4O5. The summed E-state index contributed by atoms with van der Waals surface area (Å²) in [4.78, 5) is 33.9. The van der Waals surface area contributed by atoms with Gasteiger partial charge in [0.2, 0.25) is 0 Å². The summed E-state index contributed by atoms with van der Waals surface area (Å²) >= 11 is 6.01. The fourth-order valence-corrected chi connectivity index (χ4v) is 5.14. The number of carbonyl (C=O) groups is 2.